The Morgan fingerprint density at radius 2 is 1.39 bits per heavy atom. The van der Waals surface area contributed by atoms with Crippen molar-refractivity contribution < 1.29 is 19.5 Å². The summed E-state index contributed by atoms with van der Waals surface area (Å²) in [6, 6.07) is 12.8. The lowest BCUT2D eigenvalue weighted by Gasteiger charge is -2.31. The molecule has 1 fully saturated rings. The molecule has 0 atom stereocenters. The van der Waals surface area contributed by atoms with Crippen molar-refractivity contribution >= 4 is 23.5 Å². The number of rotatable bonds is 5. The first-order valence-corrected chi connectivity index (χ1v) is 9.47. The van der Waals surface area contributed by atoms with E-state index in [0.717, 1.165) is 12.8 Å². The molecule has 0 radical (unpaired) electrons. The van der Waals surface area contributed by atoms with Gasteiger partial charge in [-0.1, -0.05) is 19.3 Å². The van der Waals surface area contributed by atoms with Gasteiger partial charge >= 0.3 is 5.97 Å². The number of carbonyl (C=O) groups excluding carboxylic acids is 2. The minimum absolute atomic E-state index is 0.00552. The Labute approximate surface area is 164 Å². The Kier molecular flexibility index (Phi) is 6.09. The van der Waals surface area contributed by atoms with Gasteiger partial charge in [0.15, 0.2) is 0 Å². The third kappa shape index (κ3) is 4.57. The number of carboxylic acids is 1. The highest BCUT2D eigenvalue weighted by molar-refractivity contribution is 6.05. The average Bonchev–Trinajstić information content (AvgIpc) is 2.74. The summed E-state index contributed by atoms with van der Waals surface area (Å²) in [5, 5.41) is 11.7. The van der Waals surface area contributed by atoms with Gasteiger partial charge in [-0.05, 0) is 61.4 Å². The third-order valence-corrected chi connectivity index (χ3v) is 5.23. The first kappa shape index (κ1) is 19.6. The monoisotopic (exact) mass is 380 g/mol. The van der Waals surface area contributed by atoms with Crippen molar-refractivity contribution in [1.82, 2.24) is 4.90 Å². The number of benzene rings is 2. The maximum absolute atomic E-state index is 12.7. The molecule has 2 aromatic rings. The molecular formula is C22H24N2O4. The number of aromatic carboxylic acids is 1. The summed E-state index contributed by atoms with van der Waals surface area (Å²) in [5.41, 5.74) is 1.66. The zero-order chi connectivity index (χ0) is 20.1. The second kappa shape index (κ2) is 8.69. The Bertz CT molecular complexity index is 853. The molecular weight excluding hydrogens is 356 g/mol. The summed E-state index contributed by atoms with van der Waals surface area (Å²) in [6.07, 6.45) is 5.68. The number of nitrogens with one attached hydrogen (secondary N) is 1. The van der Waals surface area contributed by atoms with Crippen molar-refractivity contribution in [3.63, 3.8) is 0 Å². The molecule has 146 valence electrons. The number of nitrogens with zero attached hydrogens (tertiary/aromatic N) is 1. The molecule has 0 saturated heterocycles. The summed E-state index contributed by atoms with van der Waals surface area (Å²) in [4.78, 5) is 37.7. The fraction of sp³-hybridized carbons (Fsp3) is 0.318. The SMILES string of the molecule is CN(C(=O)c1ccc(NC(=O)c2ccc(C(=O)O)cc2)cc1)C1CCCCC1. The molecule has 1 aliphatic carbocycles. The predicted octanol–water partition coefficient (Wildman–Crippen LogP) is 4.04. The third-order valence-electron chi connectivity index (χ3n) is 5.23. The molecule has 2 amide bonds. The van der Waals surface area contributed by atoms with E-state index in [2.05, 4.69) is 5.32 Å². The van der Waals surface area contributed by atoms with Gasteiger partial charge in [0, 0.05) is 29.9 Å². The molecule has 0 aliphatic heterocycles. The molecule has 2 aromatic carbocycles. The minimum atomic E-state index is -1.04. The number of carboxylic acid groups (broad SMARTS) is 1. The van der Waals surface area contributed by atoms with Crippen LogP contribution in [0, 0.1) is 0 Å². The van der Waals surface area contributed by atoms with Gasteiger partial charge in [0.1, 0.15) is 0 Å². The minimum Gasteiger partial charge on any atom is -0.478 e. The second-order valence-electron chi connectivity index (χ2n) is 7.12. The molecule has 0 heterocycles. The highest BCUT2D eigenvalue weighted by Crippen LogP contribution is 2.23. The molecule has 28 heavy (non-hydrogen) atoms. The van der Waals surface area contributed by atoms with Gasteiger partial charge in [-0.3, -0.25) is 9.59 Å². The molecule has 6 heteroatoms. The van der Waals surface area contributed by atoms with Crippen molar-refractivity contribution in [2.24, 2.45) is 0 Å². The zero-order valence-electron chi connectivity index (χ0n) is 15.9. The number of anilines is 1. The Hall–Kier alpha value is -3.15. The summed E-state index contributed by atoms with van der Waals surface area (Å²) in [5.74, 6) is -1.38. The largest absolute Gasteiger partial charge is 0.478 e. The lowest BCUT2D eigenvalue weighted by molar-refractivity contribution is 0.0687. The maximum Gasteiger partial charge on any atom is 0.335 e. The Morgan fingerprint density at radius 3 is 1.96 bits per heavy atom. The number of hydrogen-bond donors (Lipinski definition) is 2. The quantitative estimate of drug-likeness (QED) is 0.819. The Balaban J connectivity index is 1.62. The van der Waals surface area contributed by atoms with Crippen LogP contribution >= 0.6 is 0 Å². The summed E-state index contributed by atoms with van der Waals surface area (Å²) >= 11 is 0. The number of amides is 2. The Morgan fingerprint density at radius 1 is 0.857 bits per heavy atom. The maximum atomic E-state index is 12.7. The van der Waals surface area contributed by atoms with Crippen LogP contribution in [0.25, 0.3) is 0 Å². The molecule has 0 unspecified atom stereocenters. The fourth-order valence-corrected chi connectivity index (χ4v) is 3.50. The van der Waals surface area contributed by atoms with E-state index in [-0.39, 0.29) is 17.4 Å². The topological polar surface area (TPSA) is 86.7 Å². The molecule has 1 saturated carbocycles. The standard InChI is InChI=1S/C22H24N2O4/c1-24(19-5-3-2-4-6-19)21(26)16-11-13-18(14-12-16)23-20(25)15-7-9-17(10-8-15)22(27)28/h7-14,19H,2-6H2,1H3,(H,23,25)(H,27,28). The van der Waals surface area contributed by atoms with E-state index in [4.69, 9.17) is 5.11 Å². The zero-order valence-corrected chi connectivity index (χ0v) is 15.9. The van der Waals surface area contributed by atoms with Crippen LogP contribution in [-0.4, -0.2) is 40.9 Å². The van der Waals surface area contributed by atoms with Gasteiger partial charge in [0.05, 0.1) is 5.56 Å². The molecule has 3 rings (SSSR count). The van der Waals surface area contributed by atoms with E-state index in [1.165, 1.54) is 43.5 Å². The van der Waals surface area contributed by atoms with E-state index in [0.29, 0.717) is 22.9 Å². The van der Waals surface area contributed by atoms with Crippen LogP contribution in [-0.2, 0) is 0 Å². The first-order chi connectivity index (χ1) is 13.5. The fourth-order valence-electron chi connectivity index (χ4n) is 3.50. The molecule has 1 aliphatic rings. The second-order valence-corrected chi connectivity index (χ2v) is 7.12. The van der Waals surface area contributed by atoms with Gasteiger partial charge in [-0.15, -0.1) is 0 Å². The van der Waals surface area contributed by atoms with Gasteiger partial charge in [0.2, 0.25) is 0 Å². The number of carbonyl (C=O) groups is 3. The molecule has 6 nitrogen and oxygen atoms in total. The van der Waals surface area contributed by atoms with Crippen LogP contribution in [0.4, 0.5) is 5.69 Å². The van der Waals surface area contributed by atoms with Crippen molar-refractivity contribution in [3.8, 4) is 0 Å². The molecule has 0 bridgehead atoms. The summed E-state index contributed by atoms with van der Waals surface area (Å²) in [7, 11) is 1.86. The highest BCUT2D eigenvalue weighted by atomic mass is 16.4. The molecule has 0 aromatic heterocycles. The van der Waals surface area contributed by atoms with Gasteiger partial charge < -0.3 is 15.3 Å². The van der Waals surface area contributed by atoms with Crippen LogP contribution < -0.4 is 5.32 Å². The molecule has 0 spiro atoms. The van der Waals surface area contributed by atoms with Crippen LogP contribution in [0.15, 0.2) is 48.5 Å². The van der Waals surface area contributed by atoms with Crippen LogP contribution in [0.3, 0.4) is 0 Å². The van der Waals surface area contributed by atoms with Crippen LogP contribution in [0.2, 0.25) is 0 Å². The van der Waals surface area contributed by atoms with Crippen molar-refractivity contribution in [2.45, 2.75) is 38.1 Å². The van der Waals surface area contributed by atoms with E-state index in [1.54, 1.807) is 24.3 Å². The van der Waals surface area contributed by atoms with E-state index in [1.807, 2.05) is 11.9 Å². The van der Waals surface area contributed by atoms with Gasteiger partial charge in [-0.2, -0.15) is 0 Å². The average molecular weight is 380 g/mol. The van der Waals surface area contributed by atoms with Crippen LogP contribution in [0.1, 0.15) is 63.2 Å². The van der Waals surface area contributed by atoms with Crippen LogP contribution in [0.5, 0.6) is 0 Å². The van der Waals surface area contributed by atoms with Crippen molar-refractivity contribution in [3.05, 3.63) is 65.2 Å². The lowest BCUT2D eigenvalue weighted by Crippen LogP contribution is -2.38. The van der Waals surface area contributed by atoms with E-state index < -0.39 is 5.97 Å². The van der Waals surface area contributed by atoms with Gasteiger partial charge in [-0.25, -0.2) is 4.79 Å². The summed E-state index contributed by atoms with van der Waals surface area (Å²) in [6.45, 7) is 0. The highest BCUT2D eigenvalue weighted by Gasteiger charge is 2.22. The van der Waals surface area contributed by atoms with E-state index in [9.17, 15) is 14.4 Å². The predicted molar refractivity (Wildman–Crippen MR) is 107 cm³/mol. The normalized spacial score (nSPS) is 14.3. The van der Waals surface area contributed by atoms with Gasteiger partial charge in [0.25, 0.3) is 11.8 Å². The first-order valence-electron chi connectivity index (χ1n) is 9.47. The lowest BCUT2D eigenvalue weighted by atomic mass is 9.94. The number of hydrogen-bond acceptors (Lipinski definition) is 3. The van der Waals surface area contributed by atoms with Crippen molar-refractivity contribution in [1.29, 1.82) is 0 Å². The smallest absolute Gasteiger partial charge is 0.335 e. The molecule has 2 N–H and O–H groups in total. The van der Waals surface area contributed by atoms with E-state index >= 15 is 0 Å². The summed E-state index contributed by atoms with van der Waals surface area (Å²) < 4.78 is 0. The van der Waals surface area contributed by atoms with Crippen molar-refractivity contribution in [2.75, 3.05) is 12.4 Å².